The number of anilines is 2. The van der Waals surface area contributed by atoms with Gasteiger partial charge in [-0.1, -0.05) is 0 Å². The first-order valence-corrected chi connectivity index (χ1v) is 20.9. The lowest BCUT2D eigenvalue weighted by molar-refractivity contribution is -0.138. The van der Waals surface area contributed by atoms with Crippen LogP contribution in [0.2, 0.25) is 0 Å². The fourth-order valence-electron chi connectivity index (χ4n) is 9.94. The van der Waals surface area contributed by atoms with Crippen LogP contribution in [0, 0.1) is 17.1 Å². The number of likely N-dealkylation sites (tertiary alicyclic amines) is 2. The molecule has 6 aliphatic rings. The number of benzene rings is 3. The molecular weight excluding hydrogens is 847 g/mol. The lowest BCUT2D eigenvalue weighted by atomic mass is 9.73. The van der Waals surface area contributed by atoms with Crippen LogP contribution in [-0.2, 0) is 26.0 Å². The van der Waals surface area contributed by atoms with Crippen LogP contribution in [0.15, 0.2) is 48.5 Å². The minimum absolute atomic E-state index is 0.0259. The third-order valence-corrected chi connectivity index (χ3v) is 13.8. The Labute approximate surface area is 363 Å². The maximum absolute atomic E-state index is 15.9. The maximum Gasteiger partial charge on any atom is 0.417 e. The summed E-state index contributed by atoms with van der Waals surface area (Å²) in [5, 5.41) is 11.2. The predicted octanol–water partition coefficient (Wildman–Crippen LogP) is 5.06. The smallest absolute Gasteiger partial charge is 0.417 e. The number of rotatable bonds is 5. The topological polar surface area (TPSA) is 164 Å². The zero-order valence-electron chi connectivity index (χ0n) is 34.0. The van der Waals surface area contributed by atoms with Gasteiger partial charge in [-0.15, -0.1) is 0 Å². The van der Waals surface area contributed by atoms with E-state index in [4.69, 9.17) is 17.0 Å². The van der Waals surface area contributed by atoms with Gasteiger partial charge in [0.05, 0.1) is 46.2 Å². The number of fused-ring (bicyclic) bond motifs is 3. The molecule has 1 N–H and O–H groups in total. The zero-order chi connectivity index (χ0) is 44.9. The highest BCUT2D eigenvalue weighted by atomic mass is 32.1. The Morgan fingerprint density at radius 3 is 2.21 bits per heavy atom. The molecule has 9 rings (SSSR count). The van der Waals surface area contributed by atoms with Gasteiger partial charge < -0.3 is 19.4 Å². The second kappa shape index (κ2) is 14.9. The molecule has 0 saturated carbocycles. The molecule has 1 spiro atoms. The van der Waals surface area contributed by atoms with Crippen molar-refractivity contribution in [2.75, 3.05) is 42.6 Å². The Morgan fingerprint density at radius 2 is 1.57 bits per heavy atom. The molecule has 6 amide bonds. The highest BCUT2D eigenvalue weighted by molar-refractivity contribution is 7.81. The van der Waals surface area contributed by atoms with E-state index in [0.29, 0.717) is 57.4 Å². The van der Waals surface area contributed by atoms with Crippen LogP contribution in [0.5, 0.6) is 5.75 Å². The number of carbonyl (C=O) groups excluding carboxylic acids is 6. The van der Waals surface area contributed by atoms with Crippen molar-refractivity contribution in [1.82, 2.24) is 20.0 Å². The second-order valence-electron chi connectivity index (χ2n) is 17.3. The molecule has 14 nitrogen and oxygen atoms in total. The molecule has 3 aromatic rings. The summed E-state index contributed by atoms with van der Waals surface area (Å²) in [6.45, 7) is 5.57. The largest absolute Gasteiger partial charge is 0.492 e. The van der Waals surface area contributed by atoms with Crippen molar-refractivity contribution in [3.63, 3.8) is 0 Å². The van der Waals surface area contributed by atoms with E-state index < -0.39 is 70.1 Å². The number of hydrogen-bond donors (Lipinski definition) is 1. The number of carbonyl (C=O) groups is 6. The quantitative estimate of drug-likeness (QED) is 0.207. The number of alkyl halides is 3. The summed E-state index contributed by atoms with van der Waals surface area (Å²) in [7, 11) is 0. The van der Waals surface area contributed by atoms with Gasteiger partial charge in [0.15, 0.2) is 5.11 Å². The lowest BCUT2D eigenvalue weighted by Crippen LogP contribution is -2.54. The number of piperidine rings is 3. The molecule has 4 fully saturated rings. The normalized spacial score (nSPS) is 22.4. The summed E-state index contributed by atoms with van der Waals surface area (Å²) in [6.07, 6.45) is -2.06. The van der Waals surface area contributed by atoms with Crippen LogP contribution >= 0.6 is 12.2 Å². The molecule has 6 aliphatic heterocycles. The molecule has 326 valence electrons. The van der Waals surface area contributed by atoms with Gasteiger partial charge in [-0.05, 0) is 120 Å². The molecule has 19 heteroatoms. The maximum atomic E-state index is 15.9. The van der Waals surface area contributed by atoms with Crippen molar-refractivity contribution < 1.29 is 51.1 Å². The molecule has 3 aromatic carbocycles. The first-order chi connectivity index (χ1) is 29.8. The predicted molar refractivity (Wildman–Crippen MR) is 219 cm³/mol. The van der Waals surface area contributed by atoms with E-state index in [1.54, 1.807) is 17.0 Å². The zero-order valence-corrected chi connectivity index (χ0v) is 34.8. The average molecular weight is 886 g/mol. The number of nitrogens with zero attached hydrogens (tertiary/aromatic N) is 6. The van der Waals surface area contributed by atoms with Gasteiger partial charge in [0, 0.05) is 42.2 Å². The first kappa shape index (κ1) is 42.1. The number of amides is 6. The van der Waals surface area contributed by atoms with Gasteiger partial charge in [-0.3, -0.25) is 43.9 Å². The fraction of sp³-hybridized carbons (Fsp3) is 0.409. The molecule has 1 unspecified atom stereocenters. The Morgan fingerprint density at radius 1 is 0.905 bits per heavy atom. The minimum atomic E-state index is -4.87. The van der Waals surface area contributed by atoms with Gasteiger partial charge in [-0.25, -0.2) is 4.39 Å². The molecule has 63 heavy (non-hydrogen) atoms. The van der Waals surface area contributed by atoms with Crippen molar-refractivity contribution >= 4 is 64.1 Å². The van der Waals surface area contributed by atoms with Gasteiger partial charge in [0.1, 0.15) is 23.1 Å². The minimum Gasteiger partial charge on any atom is -0.492 e. The Kier molecular flexibility index (Phi) is 9.97. The van der Waals surface area contributed by atoms with E-state index in [2.05, 4.69) is 10.2 Å². The summed E-state index contributed by atoms with van der Waals surface area (Å²) in [4.78, 5) is 85.7. The number of hydrogen-bond acceptors (Lipinski definition) is 10. The van der Waals surface area contributed by atoms with E-state index in [1.165, 1.54) is 43.0 Å². The van der Waals surface area contributed by atoms with E-state index in [9.17, 15) is 47.2 Å². The Hall–Kier alpha value is -6.26. The third kappa shape index (κ3) is 6.72. The summed E-state index contributed by atoms with van der Waals surface area (Å²) < 4.78 is 63.3. The van der Waals surface area contributed by atoms with Crippen molar-refractivity contribution in [2.45, 2.75) is 81.6 Å². The van der Waals surface area contributed by atoms with Crippen LogP contribution in [-0.4, -0.2) is 106 Å². The summed E-state index contributed by atoms with van der Waals surface area (Å²) in [5.41, 5.74) is -2.71. The van der Waals surface area contributed by atoms with Crippen molar-refractivity contribution in [3.8, 4) is 11.8 Å². The van der Waals surface area contributed by atoms with E-state index in [0.717, 1.165) is 40.3 Å². The number of nitrogens with one attached hydrogen (secondary N) is 1. The van der Waals surface area contributed by atoms with Gasteiger partial charge in [0.25, 0.3) is 23.6 Å². The molecule has 0 bridgehead atoms. The van der Waals surface area contributed by atoms with Gasteiger partial charge >= 0.3 is 6.18 Å². The van der Waals surface area contributed by atoms with Crippen LogP contribution in [0.25, 0.3) is 0 Å². The molecular formula is C44H39F4N7O7S. The average Bonchev–Trinajstić information content (AvgIpc) is 3.78. The highest BCUT2D eigenvalue weighted by Gasteiger charge is 2.52. The van der Waals surface area contributed by atoms with Crippen molar-refractivity contribution in [3.05, 3.63) is 87.7 Å². The number of ether oxygens (including phenoxy) is 1. The monoisotopic (exact) mass is 885 g/mol. The molecule has 4 saturated heterocycles. The SMILES string of the molecule is CC1(C)C(=O)N(c2ccc(C#N)c(C(F)(F)F)c2)C(=S)N1c1ccc(C(=O)N2CCC(N3CCC4(CC3)COc3cc5c(cc34)C(=O)N(C3CCC(=O)NC3=O)C5=O)CC2)c(F)c1. The summed E-state index contributed by atoms with van der Waals surface area (Å²) in [5.74, 6) is -3.78. The Balaban J connectivity index is 0.832. The molecule has 0 aromatic heterocycles. The summed E-state index contributed by atoms with van der Waals surface area (Å²) >= 11 is 5.58. The van der Waals surface area contributed by atoms with Gasteiger partial charge in [-0.2, -0.15) is 18.4 Å². The van der Waals surface area contributed by atoms with Crippen LogP contribution in [0.4, 0.5) is 28.9 Å². The standard InChI is InChI=1S/C44H39F4N7O7S/c1-42(2)40(61)53(25-4-3-23(21-49)30(17-25)44(46,47)48)41(63)55(42)26-5-6-27(32(45)18-26)37(58)52-13-9-24(10-14-52)51-15-11-43(12-16-51)22-62-34-20-29-28(19-31(34)43)38(59)54(39(29)60)33-7-8-35(56)50-36(33)57/h3-6,17-20,24,33H,7-16,22H2,1-2H3,(H,50,56,57). The lowest BCUT2D eigenvalue weighted by Gasteiger charge is -2.44. The second-order valence-corrected chi connectivity index (χ2v) is 17.7. The van der Waals surface area contributed by atoms with Gasteiger partial charge in [0.2, 0.25) is 11.8 Å². The molecule has 6 heterocycles. The van der Waals surface area contributed by atoms with E-state index >= 15 is 4.39 Å². The summed E-state index contributed by atoms with van der Waals surface area (Å²) in [6, 6.07) is 10.6. The van der Waals surface area contributed by atoms with Crippen LogP contribution in [0.1, 0.15) is 100 Å². The Bertz CT molecular complexity index is 2610. The number of halogens is 4. The number of imide groups is 2. The highest BCUT2D eigenvalue weighted by Crippen LogP contribution is 2.48. The molecule has 1 atom stereocenters. The van der Waals surface area contributed by atoms with Crippen LogP contribution < -0.4 is 19.9 Å². The van der Waals surface area contributed by atoms with Crippen molar-refractivity contribution in [1.29, 1.82) is 5.26 Å². The number of nitriles is 1. The van der Waals surface area contributed by atoms with E-state index in [1.807, 2.05) is 0 Å². The number of thiocarbonyl (C=S) groups is 1. The fourth-order valence-corrected chi connectivity index (χ4v) is 10.5. The van der Waals surface area contributed by atoms with Crippen molar-refractivity contribution in [2.24, 2.45) is 0 Å². The molecule has 0 radical (unpaired) electrons. The van der Waals surface area contributed by atoms with Crippen LogP contribution in [0.3, 0.4) is 0 Å². The van der Waals surface area contributed by atoms with E-state index in [-0.39, 0.29) is 57.5 Å². The third-order valence-electron chi connectivity index (χ3n) is 13.4. The first-order valence-electron chi connectivity index (χ1n) is 20.5. The molecule has 0 aliphatic carbocycles.